The average Bonchev–Trinajstić information content (AvgIpc) is 3.42. The molecule has 0 aromatic carbocycles. The fraction of sp³-hybridized carbons (Fsp3) is 0.389. The van der Waals surface area contributed by atoms with Crippen molar-refractivity contribution in [1.82, 2.24) is 19.7 Å². The lowest BCUT2D eigenvalue weighted by atomic mass is 9.97. The number of piperidine rings is 1. The van der Waals surface area contributed by atoms with Crippen molar-refractivity contribution in [2.24, 2.45) is 5.92 Å². The van der Waals surface area contributed by atoms with Crippen LogP contribution >= 0.6 is 11.3 Å². The van der Waals surface area contributed by atoms with Gasteiger partial charge in [-0.1, -0.05) is 11.3 Å². The van der Waals surface area contributed by atoms with Gasteiger partial charge in [-0.3, -0.25) is 9.36 Å². The van der Waals surface area contributed by atoms with Crippen molar-refractivity contribution >= 4 is 22.4 Å². The second-order valence-corrected chi connectivity index (χ2v) is 7.45. The summed E-state index contributed by atoms with van der Waals surface area (Å²) in [6, 6.07) is 7.66. The minimum Gasteiger partial charge on any atom is -0.467 e. The van der Waals surface area contributed by atoms with Crippen molar-refractivity contribution in [2.75, 3.05) is 25.0 Å². The predicted molar refractivity (Wildman–Crippen MR) is 99.4 cm³/mol. The Balaban J connectivity index is 1.41. The normalized spacial score (nSPS) is 17.4. The van der Waals surface area contributed by atoms with Crippen LogP contribution < -0.4 is 4.90 Å². The molecule has 4 heterocycles. The van der Waals surface area contributed by atoms with Gasteiger partial charge in [-0.25, -0.2) is 0 Å². The molecular weight excluding hydrogens is 350 g/mol. The van der Waals surface area contributed by atoms with Crippen LogP contribution in [-0.2, 0) is 11.3 Å². The van der Waals surface area contributed by atoms with E-state index in [1.165, 1.54) is 0 Å². The van der Waals surface area contributed by atoms with E-state index in [1.54, 1.807) is 22.5 Å². The monoisotopic (exact) mass is 371 g/mol. The first-order chi connectivity index (χ1) is 12.7. The zero-order chi connectivity index (χ0) is 17.9. The molecule has 1 aliphatic rings. The first kappa shape index (κ1) is 16.8. The van der Waals surface area contributed by atoms with Crippen LogP contribution in [0.25, 0.3) is 5.13 Å². The molecule has 0 bridgehead atoms. The van der Waals surface area contributed by atoms with Crippen LogP contribution in [0.5, 0.6) is 0 Å². The third-order valence-electron chi connectivity index (χ3n) is 4.62. The van der Waals surface area contributed by atoms with Gasteiger partial charge in [0.1, 0.15) is 5.76 Å². The Kier molecular flexibility index (Phi) is 4.75. The molecule has 0 unspecified atom stereocenters. The molecule has 1 aliphatic heterocycles. The summed E-state index contributed by atoms with van der Waals surface area (Å²) in [6.45, 7) is 2.09. The minimum absolute atomic E-state index is 0.0253. The van der Waals surface area contributed by atoms with Crippen molar-refractivity contribution in [3.8, 4) is 5.13 Å². The quantitative estimate of drug-likeness (QED) is 0.690. The van der Waals surface area contributed by atoms with Gasteiger partial charge in [0, 0.05) is 32.5 Å². The van der Waals surface area contributed by atoms with E-state index in [-0.39, 0.29) is 11.8 Å². The second-order valence-electron chi connectivity index (χ2n) is 6.52. The molecule has 1 atom stereocenters. The summed E-state index contributed by atoms with van der Waals surface area (Å²) in [5.74, 6) is 0.929. The van der Waals surface area contributed by atoms with Gasteiger partial charge < -0.3 is 14.2 Å². The van der Waals surface area contributed by atoms with E-state index < -0.39 is 0 Å². The van der Waals surface area contributed by atoms with E-state index in [2.05, 4.69) is 15.1 Å². The summed E-state index contributed by atoms with van der Waals surface area (Å²) >= 11 is 1.55. The number of rotatable bonds is 5. The molecule has 4 rings (SSSR count). The molecule has 0 aliphatic carbocycles. The van der Waals surface area contributed by atoms with Crippen molar-refractivity contribution in [1.29, 1.82) is 0 Å². The number of carbonyl (C=O) groups is 1. The lowest BCUT2D eigenvalue weighted by Gasteiger charge is -2.33. The number of carbonyl (C=O) groups excluding carboxylic acids is 1. The largest absolute Gasteiger partial charge is 0.467 e. The molecule has 3 aromatic heterocycles. The zero-order valence-electron chi connectivity index (χ0n) is 14.6. The number of aromatic nitrogens is 3. The molecule has 3 aromatic rings. The molecule has 1 saturated heterocycles. The Labute approximate surface area is 155 Å². The van der Waals surface area contributed by atoms with Gasteiger partial charge in [0.15, 0.2) is 0 Å². The van der Waals surface area contributed by atoms with E-state index >= 15 is 0 Å². The van der Waals surface area contributed by atoms with Crippen molar-refractivity contribution in [2.45, 2.75) is 19.4 Å². The molecule has 7 nitrogen and oxygen atoms in total. The van der Waals surface area contributed by atoms with Gasteiger partial charge in [0.05, 0.1) is 18.7 Å². The van der Waals surface area contributed by atoms with Crippen LogP contribution in [0.2, 0.25) is 0 Å². The first-order valence-electron chi connectivity index (χ1n) is 8.70. The molecular formula is C18H21N5O2S. The predicted octanol–water partition coefficient (Wildman–Crippen LogP) is 2.80. The maximum absolute atomic E-state index is 12.8. The average molecular weight is 371 g/mol. The third-order valence-corrected chi connectivity index (χ3v) is 5.62. The smallest absolute Gasteiger partial charge is 0.227 e. The fourth-order valence-electron chi connectivity index (χ4n) is 3.28. The molecule has 1 amide bonds. The van der Waals surface area contributed by atoms with Gasteiger partial charge in [-0.15, -0.1) is 10.2 Å². The molecule has 0 N–H and O–H groups in total. The topological polar surface area (TPSA) is 67.4 Å². The van der Waals surface area contributed by atoms with Crippen LogP contribution in [-0.4, -0.2) is 45.7 Å². The summed E-state index contributed by atoms with van der Waals surface area (Å²) in [7, 11) is 1.83. The lowest BCUT2D eigenvalue weighted by molar-refractivity contribution is -0.135. The lowest BCUT2D eigenvalue weighted by Crippen LogP contribution is -2.43. The molecule has 0 spiro atoms. The summed E-state index contributed by atoms with van der Waals surface area (Å²) in [5.41, 5.74) is 0. The zero-order valence-corrected chi connectivity index (χ0v) is 15.4. The van der Waals surface area contributed by atoms with E-state index in [1.807, 2.05) is 48.3 Å². The summed E-state index contributed by atoms with van der Waals surface area (Å²) in [5, 5.41) is 10.3. The number of amides is 1. The number of hydrogen-bond acceptors (Lipinski definition) is 6. The van der Waals surface area contributed by atoms with Crippen LogP contribution in [0, 0.1) is 5.92 Å². The van der Waals surface area contributed by atoms with E-state index in [9.17, 15) is 4.79 Å². The highest BCUT2D eigenvalue weighted by Gasteiger charge is 2.29. The molecule has 136 valence electrons. The number of hydrogen-bond donors (Lipinski definition) is 0. The van der Waals surface area contributed by atoms with E-state index in [4.69, 9.17) is 4.42 Å². The summed E-state index contributed by atoms with van der Waals surface area (Å²) in [4.78, 5) is 16.7. The highest BCUT2D eigenvalue weighted by molar-refractivity contribution is 7.17. The van der Waals surface area contributed by atoms with Crippen LogP contribution in [0.1, 0.15) is 18.6 Å². The summed E-state index contributed by atoms with van der Waals surface area (Å²) in [6.07, 6.45) is 7.42. The number of furan rings is 1. The highest BCUT2D eigenvalue weighted by atomic mass is 32.1. The summed E-state index contributed by atoms with van der Waals surface area (Å²) < 4.78 is 7.30. The molecule has 0 radical (unpaired) electrons. The van der Waals surface area contributed by atoms with Gasteiger partial charge >= 0.3 is 0 Å². The molecule has 26 heavy (non-hydrogen) atoms. The first-order valence-corrected chi connectivity index (χ1v) is 9.51. The van der Waals surface area contributed by atoms with Crippen molar-refractivity contribution < 1.29 is 9.21 Å². The minimum atomic E-state index is -0.0253. The Bertz CT molecular complexity index is 843. The van der Waals surface area contributed by atoms with Crippen molar-refractivity contribution in [3.63, 3.8) is 0 Å². The van der Waals surface area contributed by atoms with Crippen LogP contribution in [0.4, 0.5) is 5.13 Å². The van der Waals surface area contributed by atoms with Gasteiger partial charge in [-0.2, -0.15) is 0 Å². The second kappa shape index (κ2) is 7.33. The van der Waals surface area contributed by atoms with Gasteiger partial charge in [-0.05, 0) is 37.1 Å². The van der Waals surface area contributed by atoms with Crippen molar-refractivity contribution in [3.05, 3.63) is 48.7 Å². The fourth-order valence-corrected chi connectivity index (χ4v) is 4.13. The molecule has 1 fully saturated rings. The highest BCUT2D eigenvalue weighted by Crippen LogP contribution is 2.28. The molecule has 8 heteroatoms. The van der Waals surface area contributed by atoms with Gasteiger partial charge in [0.25, 0.3) is 0 Å². The van der Waals surface area contributed by atoms with Crippen LogP contribution in [0.15, 0.2) is 47.3 Å². The van der Waals surface area contributed by atoms with Crippen LogP contribution in [0.3, 0.4) is 0 Å². The van der Waals surface area contributed by atoms with E-state index in [0.717, 1.165) is 35.4 Å². The molecule has 0 saturated carbocycles. The third kappa shape index (κ3) is 3.50. The Morgan fingerprint density at radius 1 is 1.31 bits per heavy atom. The van der Waals surface area contributed by atoms with E-state index in [0.29, 0.717) is 13.1 Å². The maximum atomic E-state index is 12.8. The number of anilines is 1. The number of nitrogens with zero attached hydrogens (tertiary/aromatic N) is 5. The van der Waals surface area contributed by atoms with Gasteiger partial charge in [0.2, 0.25) is 16.2 Å². The SMILES string of the molecule is CN(Cc1ccco1)C(=O)[C@@H]1CCCN(c2nnc(-n3cccc3)s2)C1. The maximum Gasteiger partial charge on any atom is 0.227 e. The standard InChI is InChI=1S/C18H21N5O2S/c1-21(13-15-7-5-11-25-15)16(24)14-6-4-10-23(12-14)18-20-19-17(26-18)22-8-2-3-9-22/h2-3,5,7-9,11,14H,4,6,10,12-13H2,1H3/t14-/m1/s1. The Hall–Kier alpha value is -2.61. The Morgan fingerprint density at radius 2 is 2.12 bits per heavy atom. The Morgan fingerprint density at radius 3 is 2.88 bits per heavy atom.